The Morgan fingerprint density at radius 2 is 1.86 bits per heavy atom. The van der Waals surface area contributed by atoms with Crippen LogP contribution in [0.25, 0.3) is 17.1 Å². The number of hydrogen-bond acceptors (Lipinski definition) is 5. The van der Waals surface area contributed by atoms with Crippen LogP contribution in [0.2, 0.25) is 0 Å². The van der Waals surface area contributed by atoms with Crippen LogP contribution in [0.5, 0.6) is 0 Å². The van der Waals surface area contributed by atoms with Gasteiger partial charge in [-0.1, -0.05) is 30.0 Å². The Balaban J connectivity index is 1.77. The van der Waals surface area contributed by atoms with Gasteiger partial charge >= 0.3 is 0 Å². The van der Waals surface area contributed by atoms with E-state index in [4.69, 9.17) is 4.74 Å². The molecular weight excluding hydrogens is 296 g/mol. The summed E-state index contributed by atoms with van der Waals surface area (Å²) < 4.78 is 7.37. The van der Waals surface area contributed by atoms with Gasteiger partial charge in [0, 0.05) is 29.4 Å². The molecule has 5 nitrogen and oxygen atoms in total. The average Bonchev–Trinajstić information content (AvgIpc) is 3.32. The fourth-order valence-electron chi connectivity index (χ4n) is 2.19. The van der Waals surface area contributed by atoms with Crippen molar-refractivity contribution in [3.05, 3.63) is 54.9 Å². The van der Waals surface area contributed by atoms with Crippen LogP contribution in [0.15, 0.2) is 60.0 Å². The Bertz CT molecular complexity index is 756. The first-order valence-corrected chi connectivity index (χ1v) is 8.06. The lowest BCUT2D eigenvalue weighted by Gasteiger charge is -2.09. The minimum Gasteiger partial charge on any atom is -0.372 e. The molecule has 22 heavy (non-hydrogen) atoms. The minimum atomic E-state index is 0.357. The first-order chi connectivity index (χ1) is 10.9. The molecule has 0 saturated carbocycles. The summed E-state index contributed by atoms with van der Waals surface area (Å²) in [6, 6.07) is 14.1. The molecule has 1 atom stereocenters. The largest absolute Gasteiger partial charge is 0.372 e. The highest BCUT2D eigenvalue weighted by atomic mass is 32.2. The van der Waals surface area contributed by atoms with Gasteiger partial charge in [0.2, 0.25) is 0 Å². The number of nitrogens with zero attached hydrogens (tertiary/aromatic N) is 4. The van der Waals surface area contributed by atoms with E-state index in [2.05, 4.69) is 31.9 Å². The molecule has 1 unspecified atom stereocenters. The zero-order valence-corrected chi connectivity index (χ0v) is 12.6. The highest BCUT2D eigenvalue weighted by Crippen LogP contribution is 2.29. The number of thioether (sulfide) groups is 1. The van der Waals surface area contributed by atoms with Crippen LogP contribution in [0, 0.1) is 0 Å². The van der Waals surface area contributed by atoms with E-state index in [0.717, 1.165) is 34.6 Å². The summed E-state index contributed by atoms with van der Waals surface area (Å²) in [6.07, 6.45) is 3.89. The fraction of sp³-hybridized carbons (Fsp3) is 0.188. The van der Waals surface area contributed by atoms with Crippen LogP contribution in [0.3, 0.4) is 0 Å². The molecule has 1 saturated heterocycles. The second-order valence-corrected chi connectivity index (χ2v) is 5.97. The maximum absolute atomic E-state index is 5.28. The molecule has 1 aliphatic heterocycles. The lowest BCUT2D eigenvalue weighted by atomic mass is 10.2. The van der Waals surface area contributed by atoms with E-state index >= 15 is 0 Å². The van der Waals surface area contributed by atoms with Gasteiger partial charge in [0.15, 0.2) is 11.0 Å². The van der Waals surface area contributed by atoms with Gasteiger partial charge in [0.1, 0.15) is 0 Å². The topological polar surface area (TPSA) is 56.1 Å². The van der Waals surface area contributed by atoms with E-state index in [1.807, 2.05) is 30.3 Å². The standard InChI is InChI=1S/C16H14N4OS/c1-2-4-13(5-3-1)20-15(12-6-8-17-9-7-12)18-19-16(20)22-11-14-10-21-14/h1-9,14H,10-11H2. The molecule has 2 aromatic heterocycles. The van der Waals surface area contributed by atoms with Crippen LogP contribution in [0.1, 0.15) is 0 Å². The van der Waals surface area contributed by atoms with Crippen LogP contribution in [-0.4, -0.2) is 38.2 Å². The third kappa shape index (κ3) is 2.75. The SMILES string of the molecule is c1ccc(-n2c(SCC3CO3)nnc2-c2ccncc2)cc1. The Kier molecular flexibility index (Phi) is 3.62. The third-order valence-corrected chi connectivity index (χ3v) is 4.45. The molecule has 3 heterocycles. The summed E-state index contributed by atoms with van der Waals surface area (Å²) >= 11 is 1.68. The van der Waals surface area contributed by atoms with E-state index in [1.54, 1.807) is 24.2 Å². The van der Waals surface area contributed by atoms with Crippen LogP contribution in [0.4, 0.5) is 0 Å². The van der Waals surface area contributed by atoms with Gasteiger partial charge < -0.3 is 4.74 Å². The average molecular weight is 310 g/mol. The zero-order valence-electron chi connectivity index (χ0n) is 11.8. The Labute approximate surface area is 132 Å². The number of rotatable bonds is 5. The summed E-state index contributed by atoms with van der Waals surface area (Å²) in [5, 5.41) is 9.64. The number of hydrogen-bond donors (Lipinski definition) is 0. The Hall–Kier alpha value is -2.18. The molecule has 0 spiro atoms. The van der Waals surface area contributed by atoms with Gasteiger partial charge in [-0.15, -0.1) is 10.2 Å². The van der Waals surface area contributed by atoms with E-state index in [1.165, 1.54) is 0 Å². The molecule has 0 radical (unpaired) electrons. The summed E-state index contributed by atoms with van der Waals surface area (Å²) in [7, 11) is 0. The van der Waals surface area contributed by atoms with Crippen molar-refractivity contribution in [2.45, 2.75) is 11.3 Å². The lowest BCUT2D eigenvalue weighted by Crippen LogP contribution is -2.01. The molecule has 0 bridgehead atoms. The van der Waals surface area contributed by atoms with Gasteiger partial charge in [-0.3, -0.25) is 9.55 Å². The van der Waals surface area contributed by atoms with Crippen molar-refractivity contribution in [1.29, 1.82) is 0 Å². The van der Waals surface area contributed by atoms with Crippen molar-refractivity contribution in [3.63, 3.8) is 0 Å². The molecule has 0 amide bonds. The van der Waals surface area contributed by atoms with Gasteiger partial charge in [-0.2, -0.15) is 0 Å². The predicted octanol–water partition coefficient (Wildman–Crippen LogP) is 2.82. The Morgan fingerprint density at radius 1 is 1.09 bits per heavy atom. The molecule has 110 valence electrons. The van der Waals surface area contributed by atoms with Crippen molar-refractivity contribution in [2.75, 3.05) is 12.4 Å². The number of para-hydroxylation sites is 1. The first kappa shape index (κ1) is 13.5. The van der Waals surface area contributed by atoms with E-state index in [9.17, 15) is 0 Å². The molecular formula is C16H14N4OS. The van der Waals surface area contributed by atoms with Crippen molar-refractivity contribution >= 4 is 11.8 Å². The summed E-state index contributed by atoms with van der Waals surface area (Å²) in [5.74, 6) is 1.73. The molecule has 6 heteroatoms. The quantitative estimate of drug-likeness (QED) is 0.536. The van der Waals surface area contributed by atoms with E-state index in [-0.39, 0.29) is 0 Å². The number of epoxide rings is 1. The predicted molar refractivity (Wildman–Crippen MR) is 85.1 cm³/mol. The molecule has 4 rings (SSSR count). The normalized spacial score (nSPS) is 16.6. The van der Waals surface area contributed by atoms with E-state index < -0.39 is 0 Å². The summed E-state index contributed by atoms with van der Waals surface area (Å²) in [5.41, 5.74) is 2.06. The second kappa shape index (κ2) is 5.90. The first-order valence-electron chi connectivity index (χ1n) is 7.07. The maximum atomic E-state index is 5.28. The van der Waals surface area contributed by atoms with Crippen molar-refractivity contribution in [3.8, 4) is 17.1 Å². The monoisotopic (exact) mass is 310 g/mol. The third-order valence-electron chi connectivity index (χ3n) is 3.39. The van der Waals surface area contributed by atoms with Crippen LogP contribution in [-0.2, 0) is 4.74 Å². The van der Waals surface area contributed by atoms with Crippen LogP contribution >= 0.6 is 11.8 Å². The van der Waals surface area contributed by atoms with Crippen molar-refractivity contribution in [1.82, 2.24) is 19.7 Å². The maximum Gasteiger partial charge on any atom is 0.196 e. The number of ether oxygens (including phenoxy) is 1. The molecule has 1 aliphatic rings. The zero-order chi connectivity index (χ0) is 14.8. The number of pyridine rings is 1. The number of aromatic nitrogens is 4. The molecule has 0 N–H and O–H groups in total. The lowest BCUT2D eigenvalue weighted by molar-refractivity contribution is 0.426. The molecule has 3 aromatic rings. The van der Waals surface area contributed by atoms with Gasteiger partial charge in [-0.25, -0.2) is 0 Å². The minimum absolute atomic E-state index is 0.357. The van der Waals surface area contributed by atoms with Gasteiger partial charge in [-0.05, 0) is 24.3 Å². The van der Waals surface area contributed by atoms with E-state index in [0.29, 0.717) is 6.10 Å². The second-order valence-electron chi connectivity index (χ2n) is 4.98. The van der Waals surface area contributed by atoms with Crippen molar-refractivity contribution in [2.24, 2.45) is 0 Å². The summed E-state index contributed by atoms with van der Waals surface area (Å²) in [6.45, 7) is 0.851. The molecule has 1 aromatic carbocycles. The number of benzene rings is 1. The van der Waals surface area contributed by atoms with Gasteiger partial charge in [0.05, 0.1) is 12.7 Å². The van der Waals surface area contributed by atoms with Crippen molar-refractivity contribution < 1.29 is 4.74 Å². The highest BCUT2D eigenvalue weighted by molar-refractivity contribution is 7.99. The fourth-order valence-corrected chi connectivity index (χ4v) is 3.14. The molecule has 0 aliphatic carbocycles. The smallest absolute Gasteiger partial charge is 0.196 e. The molecule has 1 fully saturated rings. The Morgan fingerprint density at radius 3 is 2.59 bits per heavy atom. The van der Waals surface area contributed by atoms with Crippen LogP contribution < -0.4 is 0 Å². The van der Waals surface area contributed by atoms with Gasteiger partial charge in [0.25, 0.3) is 0 Å². The summed E-state index contributed by atoms with van der Waals surface area (Å²) in [4.78, 5) is 4.07. The highest BCUT2D eigenvalue weighted by Gasteiger charge is 2.24.